The maximum Gasteiger partial charge on any atom is 0.237 e. The van der Waals surface area contributed by atoms with E-state index in [2.05, 4.69) is 15.2 Å². The van der Waals surface area contributed by atoms with Crippen molar-refractivity contribution in [3.63, 3.8) is 0 Å². The van der Waals surface area contributed by atoms with E-state index in [9.17, 15) is 0 Å². The third-order valence-electron chi connectivity index (χ3n) is 3.70. The Bertz CT molecular complexity index is 1090. The first kappa shape index (κ1) is 17.1. The van der Waals surface area contributed by atoms with Crippen LogP contribution >= 0.6 is 35.3 Å². The second kappa shape index (κ2) is 7.53. The van der Waals surface area contributed by atoms with Gasteiger partial charge in [-0.2, -0.15) is 4.98 Å². The second-order valence-corrected chi connectivity index (χ2v) is 8.34. The quantitative estimate of drug-likeness (QED) is 0.335. The van der Waals surface area contributed by atoms with Crippen molar-refractivity contribution in [2.45, 2.75) is 17.0 Å². The molecule has 130 valence electrons. The molecule has 0 unspecified atom stereocenters. The van der Waals surface area contributed by atoms with Gasteiger partial charge in [0.25, 0.3) is 0 Å². The number of rotatable bonds is 5. The summed E-state index contributed by atoms with van der Waals surface area (Å²) in [6.07, 6.45) is 0. The van der Waals surface area contributed by atoms with Crippen LogP contribution in [-0.4, -0.2) is 19.9 Å². The molecular weight excluding hydrogens is 384 g/mol. The molecule has 0 bridgehead atoms. The Balaban J connectivity index is 1.49. The Labute approximate surface area is 163 Å². The molecular formula is C18H14N4OS3. The van der Waals surface area contributed by atoms with Crippen molar-refractivity contribution >= 4 is 35.3 Å². The Kier molecular flexibility index (Phi) is 4.96. The highest BCUT2D eigenvalue weighted by Gasteiger charge is 2.12. The van der Waals surface area contributed by atoms with E-state index >= 15 is 0 Å². The van der Waals surface area contributed by atoms with Gasteiger partial charge in [-0.25, -0.2) is 4.68 Å². The van der Waals surface area contributed by atoms with Crippen molar-refractivity contribution in [3.05, 3.63) is 70.0 Å². The standard InChI is InChI=1S/C18H14N4OS3/c1-12-7-5-6-10-14(12)16-19-15(23-21-16)11-25-17-20-22(18(24)26-17)13-8-3-2-4-9-13/h2-10H,11H2,1H3. The van der Waals surface area contributed by atoms with Crippen LogP contribution in [0.1, 0.15) is 11.5 Å². The highest BCUT2D eigenvalue weighted by Crippen LogP contribution is 2.28. The predicted molar refractivity (Wildman–Crippen MR) is 106 cm³/mol. The molecule has 0 atom stereocenters. The highest BCUT2D eigenvalue weighted by atomic mass is 32.2. The SMILES string of the molecule is Cc1ccccc1-c1noc(CSc2nn(-c3ccccc3)c(=S)s2)n1. The van der Waals surface area contributed by atoms with Crippen LogP contribution in [0.25, 0.3) is 17.1 Å². The number of thioether (sulfide) groups is 1. The predicted octanol–water partition coefficient (Wildman–Crippen LogP) is 5.31. The van der Waals surface area contributed by atoms with Gasteiger partial charge in [0.2, 0.25) is 11.7 Å². The molecule has 2 heterocycles. The lowest BCUT2D eigenvalue weighted by Gasteiger charge is -1.98. The minimum absolute atomic E-state index is 0.552. The van der Waals surface area contributed by atoms with Crippen molar-refractivity contribution in [1.82, 2.24) is 19.9 Å². The molecule has 0 fully saturated rings. The Morgan fingerprint density at radius 2 is 1.88 bits per heavy atom. The first-order valence-electron chi connectivity index (χ1n) is 7.88. The fourth-order valence-corrected chi connectivity index (χ4v) is 4.62. The topological polar surface area (TPSA) is 56.7 Å². The van der Waals surface area contributed by atoms with Gasteiger partial charge >= 0.3 is 0 Å². The molecule has 0 aliphatic rings. The monoisotopic (exact) mass is 398 g/mol. The smallest absolute Gasteiger partial charge is 0.237 e. The van der Waals surface area contributed by atoms with Crippen LogP contribution in [0.4, 0.5) is 0 Å². The molecule has 0 spiro atoms. The summed E-state index contributed by atoms with van der Waals surface area (Å²) < 4.78 is 8.73. The number of aryl methyl sites for hydroxylation is 1. The maximum atomic E-state index is 5.42. The molecule has 2 aromatic carbocycles. The number of benzene rings is 2. The molecule has 4 aromatic rings. The lowest BCUT2D eigenvalue weighted by molar-refractivity contribution is 0.391. The van der Waals surface area contributed by atoms with Crippen LogP contribution in [0.2, 0.25) is 0 Å². The van der Waals surface area contributed by atoms with E-state index in [1.165, 1.54) is 23.1 Å². The first-order chi connectivity index (χ1) is 12.7. The molecule has 0 N–H and O–H groups in total. The summed E-state index contributed by atoms with van der Waals surface area (Å²) >= 11 is 8.44. The largest absolute Gasteiger partial charge is 0.338 e. The Morgan fingerprint density at radius 1 is 1.12 bits per heavy atom. The van der Waals surface area contributed by atoms with Crippen molar-refractivity contribution in [2.24, 2.45) is 0 Å². The van der Waals surface area contributed by atoms with Crippen molar-refractivity contribution < 1.29 is 4.52 Å². The van der Waals surface area contributed by atoms with Crippen LogP contribution in [0.3, 0.4) is 0 Å². The van der Waals surface area contributed by atoms with Gasteiger partial charge in [-0.1, -0.05) is 70.7 Å². The van der Waals surface area contributed by atoms with Gasteiger partial charge < -0.3 is 4.52 Å². The van der Waals surface area contributed by atoms with Crippen molar-refractivity contribution in [2.75, 3.05) is 0 Å². The minimum Gasteiger partial charge on any atom is -0.338 e. The zero-order chi connectivity index (χ0) is 17.9. The number of hydrogen-bond donors (Lipinski definition) is 0. The van der Waals surface area contributed by atoms with Crippen LogP contribution in [-0.2, 0) is 5.75 Å². The number of nitrogens with zero attached hydrogens (tertiary/aromatic N) is 4. The van der Waals surface area contributed by atoms with Gasteiger partial charge in [-0.15, -0.1) is 5.10 Å². The molecule has 2 aromatic heterocycles. The average Bonchev–Trinajstić information content (AvgIpc) is 3.28. The van der Waals surface area contributed by atoms with E-state index in [1.807, 2.05) is 61.5 Å². The Hall–Kier alpha value is -2.29. The zero-order valence-corrected chi connectivity index (χ0v) is 16.3. The highest BCUT2D eigenvalue weighted by molar-refractivity contribution is 8.00. The minimum atomic E-state index is 0.552. The molecule has 5 nitrogen and oxygen atoms in total. The molecule has 26 heavy (non-hydrogen) atoms. The van der Waals surface area contributed by atoms with Gasteiger partial charge in [-0.05, 0) is 36.8 Å². The van der Waals surface area contributed by atoms with Gasteiger partial charge in [0.15, 0.2) is 8.29 Å². The first-order valence-corrected chi connectivity index (χ1v) is 10.1. The van der Waals surface area contributed by atoms with Gasteiger partial charge in [-0.3, -0.25) is 0 Å². The van der Waals surface area contributed by atoms with Gasteiger partial charge in [0.05, 0.1) is 11.4 Å². The van der Waals surface area contributed by atoms with E-state index < -0.39 is 0 Å². The zero-order valence-electron chi connectivity index (χ0n) is 13.8. The molecule has 0 saturated heterocycles. The van der Waals surface area contributed by atoms with Gasteiger partial charge in [0, 0.05) is 5.56 Å². The maximum absolute atomic E-state index is 5.42. The van der Waals surface area contributed by atoms with E-state index in [1.54, 1.807) is 4.68 Å². The van der Waals surface area contributed by atoms with Crippen molar-refractivity contribution in [3.8, 4) is 17.1 Å². The third-order valence-corrected chi connectivity index (χ3v) is 6.05. The normalized spacial score (nSPS) is 11.0. The molecule has 0 amide bonds. The fourth-order valence-electron chi connectivity index (χ4n) is 2.42. The summed E-state index contributed by atoms with van der Waals surface area (Å²) in [5.41, 5.74) is 3.06. The second-order valence-electron chi connectivity index (χ2n) is 5.50. The van der Waals surface area contributed by atoms with E-state index in [-0.39, 0.29) is 0 Å². The summed E-state index contributed by atoms with van der Waals surface area (Å²) in [6, 6.07) is 17.9. The van der Waals surface area contributed by atoms with E-state index in [0.29, 0.717) is 21.4 Å². The molecule has 0 aliphatic heterocycles. The summed E-state index contributed by atoms with van der Waals surface area (Å²) in [5.74, 6) is 1.73. The molecule has 8 heteroatoms. The lowest BCUT2D eigenvalue weighted by atomic mass is 10.1. The number of para-hydroxylation sites is 1. The van der Waals surface area contributed by atoms with Crippen LogP contribution in [0.5, 0.6) is 0 Å². The van der Waals surface area contributed by atoms with Gasteiger partial charge in [0.1, 0.15) is 0 Å². The van der Waals surface area contributed by atoms with Crippen LogP contribution in [0.15, 0.2) is 63.5 Å². The molecule has 0 radical (unpaired) electrons. The lowest BCUT2D eigenvalue weighted by Crippen LogP contribution is -1.95. The fraction of sp³-hybridized carbons (Fsp3) is 0.111. The van der Waals surface area contributed by atoms with Crippen LogP contribution in [0, 0.1) is 10.9 Å². The summed E-state index contributed by atoms with van der Waals surface area (Å²) in [5, 5.41) is 8.67. The molecule has 0 aliphatic carbocycles. The number of aromatic nitrogens is 4. The molecule has 4 rings (SSSR count). The van der Waals surface area contributed by atoms with E-state index in [0.717, 1.165) is 21.2 Å². The van der Waals surface area contributed by atoms with E-state index in [4.69, 9.17) is 16.7 Å². The third kappa shape index (κ3) is 3.62. The molecule has 0 saturated carbocycles. The van der Waals surface area contributed by atoms with Crippen LogP contribution < -0.4 is 0 Å². The Morgan fingerprint density at radius 3 is 2.69 bits per heavy atom. The summed E-state index contributed by atoms with van der Waals surface area (Å²) in [6.45, 7) is 2.03. The summed E-state index contributed by atoms with van der Waals surface area (Å²) in [4.78, 5) is 4.49. The average molecular weight is 399 g/mol. The summed E-state index contributed by atoms with van der Waals surface area (Å²) in [7, 11) is 0. The van der Waals surface area contributed by atoms with Crippen molar-refractivity contribution in [1.29, 1.82) is 0 Å². The number of hydrogen-bond acceptors (Lipinski definition) is 7.